The lowest BCUT2D eigenvalue weighted by Crippen LogP contribution is -1.68. The van der Waals surface area contributed by atoms with Crippen LogP contribution >= 0.6 is 12.0 Å². The van der Waals surface area contributed by atoms with Crippen LogP contribution in [-0.4, -0.2) is 7.11 Å². The van der Waals surface area contributed by atoms with E-state index in [0.717, 1.165) is 4.90 Å². The quantitative estimate of drug-likeness (QED) is 0.583. The van der Waals surface area contributed by atoms with Gasteiger partial charge in [-0.1, -0.05) is 18.2 Å². The van der Waals surface area contributed by atoms with Crippen molar-refractivity contribution >= 4 is 12.0 Å². The number of benzene rings is 1. The van der Waals surface area contributed by atoms with Gasteiger partial charge in [-0.15, -0.1) is 0 Å². The largest absolute Gasteiger partial charge is 0.314 e. The van der Waals surface area contributed by atoms with Gasteiger partial charge in [0.05, 0.1) is 7.11 Å². The van der Waals surface area contributed by atoms with Gasteiger partial charge < -0.3 is 4.18 Å². The summed E-state index contributed by atoms with van der Waals surface area (Å²) in [7, 11) is 1.66. The fraction of sp³-hybridized carbons (Fsp3) is 0.143. The minimum Gasteiger partial charge on any atom is -0.314 e. The Kier molecular flexibility index (Phi) is 2.61. The molecule has 9 heavy (non-hydrogen) atoms. The maximum Gasteiger partial charge on any atom is 0.0508 e. The highest BCUT2D eigenvalue weighted by atomic mass is 32.2. The van der Waals surface area contributed by atoms with Crippen molar-refractivity contribution in [3.63, 3.8) is 0 Å². The molecule has 2 heteroatoms. The minimum atomic E-state index is 1.14. The second-order valence-electron chi connectivity index (χ2n) is 1.56. The van der Waals surface area contributed by atoms with Crippen LogP contribution in [0.25, 0.3) is 0 Å². The monoisotopic (exact) mass is 140 g/mol. The second kappa shape index (κ2) is 3.54. The Morgan fingerprint density at radius 2 is 1.89 bits per heavy atom. The van der Waals surface area contributed by atoms with Crippen molar-refractivity contribution in [2.45, 2.75) is 4.90 Å². The Morgan fingerprint density at radius 3 is 2.44 bits per heavy atom. The lowest BCUT2D eigenvalue weighted by molar-refractivity contribution is 0.490. The fourth-order valence-electron chi connectivity index (χ4n) is 0.572. The summed E-state index contributed by atoms with van der Waals surface area (Å²) < 4.78 is 4.84. The fourth-order valence-corrected chi connectivity index (χ4v) is 1.03. The molecule has 0 atom stereocenters. The van der Waals surface area contributed by atoms with Crippen LogP contribution in [-0.2, 0) is 4.18 Å². The summed E-state index contributed by atoms with van der Waals surface area (Å²) in [5.41, 5.74) is 0. The molecular weight excluding hydrogens is 132 g/mol. The SMILES string of the molecule is COSc1ccccc1. The molecule has 0 spiro atoms. The van der Waals surface area contributed by atoms with Gasteiger partial charge in [-0.25, -0.2) is 0 Å². The lowest BCUT2D eigenvalue weighted by atomic mass is 10.4. The van der Waals surface area contributed by atoms with Gasteiger partial charge in [-0.05, 0) is 12.1 Å². The third-order valence-electron chi connectivity index (χ3n) is 0.923. The normalized spacial score (nSPS) is 9.44. The summed E-state index contributed by atoms with van der Waals surface area (Å²) in [4.78, 5) is 1.14. The molecule has 0 aliphatic heterocycles. The summed E-state index contributed by atoms with van der Waals surface area (Å²) in [6, 6.07) is 9.98. The Bertz CT molecular complexity index is 162. The van der Waals surface area contributed by atoms with E-state index in [1.54, 1.807) is 7.11 Å². The van der Waals surface area contributed by atoms with Crippen molar-refractivity contribution < 1.29 is 4.18 Å². The van der Waals surface area contributed by atoms with Crippen LogP contribution in [0.4, 0.5) is 0 Å². The van der Waals surface area contributed by atoms with E-state index in [4.69, 9.17) is 4.18 Å². The zero-order valence-electron chi connectivity index (χ0n) is 5.20. The van der Waals surface area contributed by atoms with Gasteiger partial charge in [0.15, 0.2) is 0 Å². The molecule has 1 nitrogen and oxygen atoms in total. The zero-order valence-corrected chi connectivity index (χ0v) is 6.02. The Hall–Kier alpha value is -0.470. The molecule has 0 aliphatic rings. The number of hydrogen-bond donors (Lipinski definition) is 0. The Labute approximate surface area is 59.2 Å². The maximum absolute atomic E-state index is 4.84. The van der Waals surface area contributed by atoms with E-state index in [1.165, 1.54) is 12.0 Å². The van der Waals surface area contributed by atoms with E-state index in [0.29, 0.717) is 0 Å². The van der Waals surface area contributed by atoms with E-state index in [-0.39, 0.29) is 0 Å². The third kappa shape index (κ3) is 2.08. The van der Waals surface area contributed by atoms with E-state index < -0.39 is 0 Å². The van der Waals surface area contributed by atoms with Crippen molar-refractivity contribution in [2.75, 3.05) is 7.11 Å². The van der Waals surface area contributed by atoms with Crippen LogP contribution in [0.5, 0.6) is 0 Å². The highest BCUT2D eigenvalue weighted by molar-refractivity contribution is 7.94. The molecule has 0 radical (unpaired) electrons. The molecule has 48 valence electrons. The standard InChI is InChI=1S/C7H8OS/c1-8-9-7-5-3-2-4-6-7/h2-6H,1H3. The molecule has 0 fully saturated rings. The highest BCUT2D eigenvalue weighted by Crippen LogP contribution is 2.15. The van der Waals surface area contributed by atoms with Crippen molar-refractivity contribution in [2.24, 2.45) is 0 Å². The smallest absolute Gasteiger partial charge is 0.0508 e. The first-order valence-corrected chi connectivity index (χ1v) is 3.43. The summed E-state index contributed by atoms with van der Waals surface area (Å²) in [5, 5.41) is 0. The van der Waals surface area contributed by atoms with Gasteiger partial charge in [0.1, 0.15) is 0 Å². The molecule has 1 rings (SSSR count). The van der Waals surface area contributed by atoms with Gasteiger partial charge >= 0.3 is 0 Å². The zero-order chi connectivity index (χ0) is 6.53. The molecule has 1 aromatic carbocycles. The predicted octanol–water partition coefficient (Wildman–Crippen LogP) is 2.34. The van der Waals surface area contributed by atoms with E-state index in [1.807, 2.05) is 30.3 Å². The van der Waals surface area contributed by atoms with Gasteiger partial charge in [-0.2, -0.15) is 0 Å². The molecule has 0 amide bonds. The maximum atomic E-state index is 4.84. The molecule has 1 aromatic rings. The van der Waals surface area contributed by atoms with Crippen LogP contribution in [0.2, 0.25) is 0 Å². The van der Waals surface area contributed by atoms with Crippen molar-refractivity contribution in [3.05, 3.63) is 30.3 Å². The second-order valence-corrected chi connectivity index (χ2v) is 2.53. The molecule has 0 saturated heterocycles. The summed E-state index contributed by atoms with van der Waals surface area (Å²) in [6.07, 6.45) is 0. The van der Waals surface area contributed by atoms with Crippen molar-refractivity contribution in [1.29, 1.82) is 0 Å². The third-order valence-corrected chi connectivity index (χ3v) is 1.55. The van der Waals surface area contributed by atoms with Crippen LogP contribution in [0.15, 0.2) is 35.2 Å². The summed E-state index contributed by atoms with van der Waals surface area (Å²) in [6.45, 7) is 0. The van der Waals surface area contributed by atoms with Gasteiger partial charge in [0.2, 0.25) is 0 Å². The van der Waals surface area contributed by atoms with Crippen molar-refractivity contribution in [3.8, 4) is 0 Å². The van der Waals surface area contributed by atoms with Crippen LogP contribution in [0.1, 0.15) is 0 Å². The van der Waals surface area contributed by atoms with E-state index >= 15 is 0 Å². The lowest BCUT2D eigenvalue weighted by Gasteiger charge is -1.93. The molecule has 0 unspecified atom stereocenters. The van der Waals surface area contributed by atoms with Gasteiger partial charge in [0.25, 0.3) is 0 Å². The first kappa shape index (κ1) is 6.65. The Morgan fingerprint density at radius 1 is 1.22 bits per heavy atom. The number of rotatable bonds is 2. The van der Waals surface area contributed by atoms with Crippen molar-refractivity contribution in [1.82, 2.24) is 0 Å². The van der Waals surface area contributed by atoms with Crippen LogP contribution < -0.4 is 0 Å². The molecule has 0 heterocycles. The van der Waals surface area contributed by atoms with E-state index in [2.05, 4.69) is 0 Å². The average Bonchev–Trinajstić information content (AvgIpc) is 1.91. The first-order valence-electron chi connectivity index (χ1n) is 2.69. The summed E-state index contributed by atoms with van der Waals surface area (Å²) >= 11 is 1.38. The highest BCUT2D eigenvalue weighted by Gasteiger charge is 1.86. The Balaban J connectivity index is 2.61. The number of hydrogen-bond acceptors (Lipinski definition) is 2. The summed E-state index contributed by atoms with van der Waals surface area (Å²) in [5.74, 6) is 0. The van der Waals surface area contributed by atoms with Gasteiger partial charge in [-0.3, -0.25) is 0 Å². The van der Waals surface area contributed by atoms with E-state index in [9.17, 15) is 0 Å². The van der Waals surface area contributed by atoms with Crippen LogP contribution in [0.3, 0.4) is 0 Å². The minimum absolute atomic E-state index is 1.14. The molecular formula is C7H8OS. The van der Waals surface area contributed by atoms with Crippen LogP contribution in [0, 0.1) is 0 Å². The van der Waals surface area contributed by atoms with Gasteiger partial charge in [0, 0.05) is 16.9 Å². The molecule has 0 bridgehead atoms. The average molecular weight is 140 g/mol. The molecule has 0 aliphatic carbocycles. The topological polar surface area (TPSA) is 9.23 Å². The predicted molar refractivity (Wildman–Crippen MR) is 39.3 cm³/mol. The molecule has 0 saturated carbocycles. The molecule has 0 N–H and O–H groups in total. The first-order chi connectivity index (χ1) is 4.43. The molecule has 0 aromatic heterocycles.